The summed E-state index contributed by atoms with van der Waals surface area (Å²) >= 11 is 7.67. The first-order valence-electron chi connectivity index (χ1n) is 5.12. The Hall–Kier alpha value is -0.0300. The van der Waals surface area contributed by atoms with E-state index in [-0.39, 0.29) is 12.4 Å². The van der Waals surface area contributed by atoms with Gasteiger partial charge in [0.05, 0.1) is 0 Å². The topological polar surface area (TPSA) is 37.8 Å². The second-order valence-corrected chi connectivity index (χ2v) is 5.34. The summed E-state index contributed by atoms with van der Waals surface area (Å²) in [4.78, 5) is 8.53. The number of aromatic nitrogens is 2. The van der Waals surface area contributed by atoms with Crippen molar-refractivity contribution >= 4 is 35.8 Å². The molecule has 1 atom stereocenters. The molecule has 16 heavy (non-hydrogen) atoms. The molecule has 2 heterocycles. The van der Waals surface area contributed by atoms with E-state index in [0.29, 0.717) is 10.4 Å². The lowest BCUT2D eigenvalue weighted by Gasteiger charge is -2.21. The minimum atomic E-state index is 0. The predicted octanol–water partition coefficient (Wildman–Crippen LogP) is 2.70. The van der Waals surface area contributed by atoms with Crippen molar-refractivity contribution in [1.29, 1.82) is 0 Å². The third kappa shape index (κ3) is 3.77. The van der Waals surface area contributed by atoms with Crippen molar-refractivity contribution in [2.45, 2.75) is 30.2 Å². The second-order valence-electron chi connectivity index (χ2n) is 3.71. The molecule has 1 aliphatic heterocycles. The fourth-order valence-corrected chi connectivity index (χ4v) is 2.75. The number of nitrogens with zero attached hydrogens (tertiary/aromatic N) is 2. The molecule has 2 rings (SSSR count). The Labute approximate surface area is 111 Å². The molecular weight excluding hydrogens is 265 g/mol. The normalized spacial score (nSPS) is 20.2. The number of aryl methyl sites for hydroxylation is 1. The first-order valence-corrected chi connectivity index (χ1v) is 6.38. The largest absolute Gasteiger partial charge is 0.316 e. The number of piperidine rings is 1. The van der Waals surface area contributed by atoms with Crippen LogP contribution in [0.15, 0.2) is 11.4 Å². The van der Waals surface area contributed by atoms with Crippen LogP contribution in [0.5, 0.6) is 0 Å². The lowest BCUT2D eigenvalue weighted by molar-refractivity contribution is 0.530. The average Bonchev–Trinajstić information content (AvgIpc) is 2.25. The highest BCUT2D eigenvalue weighted by molar-refractivity contribution is 7.99. The fourth-order valence-electron chi connectivity index (χ4n) is 1.53. The Balaban J connectivity index is 0.00000128. The van der Waals surface area contributed by atoms with Gasteiger partial charge in [0.1, 0.15) is 5.15 Å². The third-order valence-electron chi connectivity index (χ3n) is 2.41. The SMILES string of the molecule is Cc1cnc(SC2CCCNC2)nc1Cl.Cl. The number of nitrogens with one attached hydrogen (secondary N) is 1. The highest BCUT2D eigenvalue weighted by Crippen LogP contribution is 2.25. The van der Waals surface area contributed by atoms with Gasteiger partial charge in [-0.15, -0.1) is 12.4 Å². The van der Waals surface area contributed by atoms with Crippen LogP contribution in [0, 0.1) is 6.92 Å². The monoisotopic (exact) mass is 279 g/mol. The molecule has 0 bridgehead atoms. The van der Waals surface area contributed by atoms with E-state index in [1.54, 1.807) is 18.0 Å². The summed E-state index contributed by atoms with van der Waals surface area (Å²) in [7, 11) is 0. The molecule has 1 aromatic rings. The molecule has 1 N–H and O–H groups in total. The Bertz CT molecular complexity index is 343. The van der Waals surface area contributed by atoms with E-state index in [1.807, 2.05) is 6.92 Å². The van der Waals surface area contributed by atoms with Crippen molar-refractivity contribution in [3.63, 3.8) is 0 Å². The molecule has 1 fully saturated rings. The van der Waals surface area contributed by atoms with Gasteiger partial charge in [0.15, 0.2) is 5.16 Å². The minimum absolute atomic E-state index is 0. The van der Waals surface area contributed by atoms with Crippen LogP contribution in [0.4, 0.5) is 0 Å². The van der Waals surface area contributed by atoms with Crippen LogP contribution >= 0.6 is 35.8 Å². The van der Waals surface area contributed by atoms with E-state index >= 15 is 0 Å². The second kappa shape index (κ2) is 6.64. The quantitative estimate of drug-likeness (QED) is 0.667. The van der Waals surface area contributed by atoms with Crippen LogP contribution in [0.2, 0.25) is 5.15 Å². The van der Waals surface area contributed by atoms with E-state index in [2.05, 4.69) is 15.3 Å². The zero-order chi connectivity index (χ0) is 10.7. The van der Waals surface area contributed by atoms with Crippen LogP contribution in [0.25, 0.3) is 0 Å². The predicted molar refractivity (Wildman–Crippen MR) is 70.8 cm³/mol. The zero-order valence-electron chi connectivity index (χ0n) is 9.07. The Morgan fingerprint density at radius 1 is 1.56 bits per heavy atom. The summed E-state index contributed by atoms with van der Waals surface area (Å²) in [5, 5.41) is 5.31. The van der Waals surface area contributed by atoms with Gasteiger partial charge in [-0.1, -0.05) is 23.4 Å². The average molecular weight is 280 g/mol. The lowest BCUT2D eigenvalue weighted by atomic mass is 10.2. The van der Waals surface area contributed by atoms with Crippen LogP contribution in [0.1, 0.15) is 18.4 Å². The molecule has 1 saturated heterocycles. The smallest absolute Gasteiger partial charge is 0.189 e. The van der Waals surface area contributed by atoms with Crippen LogP contribution in [0.3, 0.4) is 0 Å². The maximum atomic E-state index is 5.95. The molecule has 3 nitrogen and oxygen atoms in total. The van der Waals surface area contributed by atoms with Gasteiger partial charge in [-0.3, -0.25) is 0 Å². The number of halogens is 2. The van der Waals surface area contributed by atoms with E-state index < -0.39 is 0 Å². The maximum absolute atomic E-state index is 5.95. The van der Waals surface area contributed by atoms with E-state index in [4.69, 9.17) is 11.6 Å². The van der Waals surface area contributed by atoms with Crippen LogP contribution in [-0.2, 0) is 0 Å². The molecule has 1 unspecified atom stereocenters. The minimum Gasteiger partial charge on any atom is -0.316 e. The Morgan fingerprint density at radius 3 is 3.00 bits per heavy atom. The van der Waals surface area contributed by atoms with Gasteiger partial charge in [0, 0.05) is 23.6 Å². The number of thioether (sulfide) groups is 1. The number of rotatable bonds is 2. The van der Waals surface area contributed by atoms with Crippen molar-refractivity contribution in [2.24, 2.45) is 0 Å². The van der Waals surface area contributed by atoms with Crippen molar-refractivity contribution in [3.8, 4) is 0 Å². The van der Waals surface area contributed by atoms with Crippen molar-refractivity contribution in [3.05, 3.63) is 16.9 Å². The van der Waals surface area contributed by atoms with Gasteiger partial charge in [-0.05, 0) is 26.3 Å². The molecule has 0 aromatic carbocycles. The summed E-state index contributed by atoms with van der Waals surface area (Å²) in [5.41, 5.74) is 0.933. The van der Waals surface area contributed by atoms with Crippen molar-refractivity contribution in [2.75, 3.05) is 13.1 Å². The van der Waals surface area contributed by atoms with Gasteiger partial charge in [0.25, 0.3) is 0 Å². The summed E-state index contributed by atoms with van der Waals surface area (Å²) in [5.74, 6) is 0. The highest BCUT2D eigenvalue weighted by Gasteiger charge is 2.15. The molecule has 1 aromatic heterocycles. The molecule has 0 radical (unpaired) electrons. The van der Waals surface area contributed by atoms with Crippen LogP contribution < -0.4 is 5.32 Å². The molecule has 0 saturated carbocycles. The zero-order valence-corrected chi connectivity index (χ0v) is 11.5. The van der Waals surface area contributed by atoms with Gasteiger partial charge >= 0.3 is 0 Å². The lowest BCUT2D eigenvalue weighted by Crippen LogP contribution is -2.31. The number of hydrogen-bond donors (Lipinski definition) is 1. The highest BCUT2D eigenvalue weighted by atomic mass is 35.5. The van der Waals surface area contributed by atoms with Crippen molar-refractivity contribution < 1.29 is 0 Å². The van der Waals surface area contributed by atoms with E-state index in [9.17, 15) is 0 Å². The molecule has 6 heteroatoms. The van der Waals surface area contributed by atoms with Gasteiger partial charge in [0.2, 0.25) is 0 Å². The fraction of sp³-hybridized carbons (Fsp3) is 0.600. The Morgan fingerprint density at radius 2 is 2.38 bits per heavy atom. The van der Waals surface area contributed by atoms with Gasteiger partial charge in [-0.2, -0.15) is 0 Å². The van der Waals surface area contributed by atoms with Crippen molar-refractivity contribution in [1.82, 2.24) is 15.3 Å². The standard InChI is InChI=1S/C10H14ClN3S.ClH/c1-7-5-13-10(14-9(7)11)15-8-3-2-4-12-6-8;/h5,8,12H,2-4,6H2,1H3;1H. The summed E-state index contributed by atoms with van der Waals surface area (Å²) < 4.78 is 0. The Kier molecular flexibility index (Phi) is 5.83. The third-order valence-corrected chi connectivity index (χ3v) is 3.94. The molecule has 0 aliphatic carbocycles. The molecular formula is C10H15Cl2N3S. The first kappa shape index (κ1) is 14.0. The summed E-state index contributed by atoms with van der Waals surface area (Å²) in [6.45, 7) is 4.09. The van der Waals surface area contributed by atoms with Gasteiger partial charge < -0.3 is 5.32 Å². The summed E-state index contributed by atoms with van der Waals surface area (Å²) in [6, 6.07) is 0. The summed E-state index contributed by atoms with van der Waals surface area (Å²) in [6.07, 6.45) is 4.25. The van der Waals surface area contributed by atoms with Crippen LogP contribution in [-0.4, -0.2) is 28.3 Å². The number of hydrogen-bond acceptors (Lipinski definition) is 4. The molecule has 0 amide bonds. The maximum Gasteiger partial charge on any atom is 0.189 e. The van der Waals surface area contributed by atoms with E-state index in [1.165, 1.54) is 12.8 Å². The molecule has 0 spiro atoms. The van der Waals surface area contributed by atoms with E-state index in [0.717, 1.165) is 23.8 Å². The first-order chi connectivity index (χ1) is 7.25. The van der Waals surface area contributed by atoms with Gasteiger partial charge in [-0.25, -0.2) is 9.97 Å². The molecule has 1 aliphatic rings. The molecule has 90 valence electrons.